The Balaban J connectivity index is 1.90. The summed E-state index contributed by atoms with van der Waals surface area (Å²) in [5, 5.41) is 13.4. The minimum atomic E-state index is -1.21. The molecule has 6 heteroatoms. The number of aliphatic hydroxyl groups is 1. The summed E-state index contributed by atoms with van der Waals surface area (Å²) in [6, 6.07) is 1.73. The summed E-state index contributed by atoms with van der Waals surface area (Å²) in [5.74, 6) is 0.477. The van der Waals surface area contributed by atoms with Crippen molar-refractivity contribution in [3.63, 3.8) is 0 Å². The lowest BCUT2D eigenvalue weighted by Gasteiger charge is -2.21. The van der Waals surface area contributed by atoms with Crippen LogP contribution < -0.4 is 10.1 Å². The van der Waals surface area contributed by atoms with Crippen molar-refractivity contribution < 1.29 is 14.6 Å². The van der Waals surface area contributed by atoms with Gasteiger partial charge in [0.15, 0.2) is 0 Å². The van der Waals surface area contributed by atoms with Crippen LogP contribution in [0.15, 0.2) is 12.3 Å². The van der Waals surface area contributed by atoms with Crippen LogP contribution in [0.4, 0.5) is 0 Å². The van der Waals surface area contributed by atoms with Gasteiger partial charge in [0.1, 0.15) is 10.6 Å². The molecule has 1 amide bonds. The normalized spacial score (nSPS) is 16.8. The van der Waals surface area contributed by atoms with Gasteiger partial charge in [-0.25, -0.2) is 4.98 Å². The van der Waals surface area contributed by atoms with Gasteiger partial charge in [-0.2, -0.15) is 0 Å². The Bertz CT molecular complexity index is 528. The highest BCUT2D eigenvalue weighted by molar-refractivity contribution is 6.31. The van der Waals surface area contributed by atoms with Crippen molar-refractivity contribution in [2.75, 3.05) is 6.61 Å². The van der Waals surface area contributed by atoms with Crippen LogP contribution in [0.2, 0.25) is 5.02 Å². The molecule has 0 bridgehead atoms. The van der Waals surface area contributed by atoms with Gasteiger partial charge in [-0.3, -0.25) is 4.79 Å². The summed E-state index contributed by atoms with van der Waals surface area (Å²) < 4.78 is 5.51. The number of pyridine rings is 1. The second-order valence-corrected chi connectivity index (χ2v) is 6.66. The monoisotopic (exact) mass is 326 g/mol. The smallest absolute Gasteiger partial charge is 0.252 e. The zero-order valence-electron chi connectivity index (χ0n) is 13.1. The fraction of sp³-hybridized carbons (Fsp3) is 0.625. The lowest BCUT2D eigenvalue weighted by Crippen LogP contribution is -2.44. The largest absolute Gasteiger partial charge is 0.476 e. The molecule has 22 heavy (non-hydrogen) atoms. The van der Waals surface area contributed by atoms with E-state index in [1.807, 2.05) is 13.8 Å². The second kappa shape index (κ2) is 7.29. The van der Waals surface area contributed by atoms with Crippen LogP contribution in [0.3, 0.4) is 0 Å². The number of rotatable bonds is 6. The number of halogens is 1. The summed E-state index contributed by atoms with van der Waals surface area (Å²) in [5.41, 5.74) is -0.436. The molecule has 0 aliphatic heterocycles. The summed E-state index contributed by atoms with van der Waals surface area (Å²) in [6.45, 7) is 4.94. The van der Waals surface area contributed by atoms with E-state index in [2.05, 4.69) is 10.3 Å². The third kappa shape index (κ3) is 4.34. The molecular weight excluding hydrogens is 304 g/mol. The van der Waals surface area contributed by atoms with E-state index in [-0.39, 0.29) is 5.91 Å². The fourth-order valence-electron chi connectivity index (χ4n) is 2.45. The number of carbonyl (C=O) groups excluding carboxylic acids is 1. The number of nitrogens with zero attached hydrogens (tertiary/aromatic N) is 1. The van der Waals surface area contributed by atoms with Gasteiger partial charge in [0.2, 0.25) is 5.88 Å². The maximum absolute atomic E-state index is 12.0. The predicted molar refractivity (Wildman–Crippen MR) is 84.8 cm³/mol. The zero-order chi connectivity index (χ0) is 16.2. The Morgan fingerprint density at radius 3 is 2.77 bits per heavy atom. The Morgan fingerprint density at radius 1 is 1.50 bits per heavy atom. The highest BCUT2D eigenvalue weighted by Gasteiger charge is 2.38. The average Bonchev–Trinajstić information content (AvgIpc) is 2.91. The topological polar surface area (TPSA) is 71.5 Å². The molecule has 1 saturated carbocycles. The van der Waals surface area contributed by atoms with Gasteiger partial charge in [0, 0.05) is 12.7 Å². The Labute approximate surface area is 136 Å². The third-order valence-corrected chi connectivity index (χ3v) is 3.99. The first-order valence-corrected chi connectivity index (χ1v) is 8.06. The molecule has 2 rings (SSSR count). The number of amides is 1. The first-order chi connectivity index (χ1) is 10.4. The van der Waals surface area contributed by atoms with Crippen LogP contribution in [0, 0.1) is 5.92 Å². The molecule has 0 unspecified atom stereocenters. The maximum Gasteiger partial charge on any atom is 0.252 e. The molecule has 0 aromatic carbocycles. The highest BCUT2D eigenvalue weighted by atomic mass is 35.5. The summed E-state index contributed by atoms with van der Waals surface area (Å²) in [4.78, 5) is 16.2. The molecular formula is C16H23ClN2O3. The van der Waals surface area contributed by atoms with Crippen molar-refractivity contribution in [2.24, 2.45) is 5.92 Å². The Morgan fingerprint density at radius 2 is 2.18 bits per heavy atom. The van der Waals surface area contributed by atoms with Gasteiger partial charge in [-0.15, -0.1) is 0 Å². The van der Waals surface area contributed by atoms with Crippen LogP contribution in [0.1, 0.15) is 45.1 Å². The number of aromatic nitrogens is 1. The molecule has 1 aliphatic carbocycles. The zero-order valence-corrected chi connectivity index (χ0v) is 13.8. The van der Waals surface area contributed by atoms with Gasteiger partial charge in [-0.1, -0.05) is 25.4 Å². The molecule has 0 radical (unpaired) electrons. The predicted octanol–water partition coefficient (Wildman–Crippen LogP) is 2.69. The van der Waals surface area contributed by atoms with E-state index in [0.717, 1.165) is 18.4 Å². The first-order valence-electron chi connectivity index (χ1n) is 7.68. The molecule has 1 fully saturated rings. The molecule has 1 aliphatic rings. The number of nitrogens with one attached hydrogen (secondary N) is 1. The van der Waals surface area contributed by atoms with E-state index < -0.39 is 5.60 Å². The lowest BCUT2D eigenvalue weighted by atomic mass is 10.0. The molecule has 5 nitrogen and oxygen atoms in total. The molecule has 1 heterocycles. The molecule has 0 saturated heterocycles. The van der Waals surface area contributed by atoms with Crippen LogP contribution in [0.25, 0.3) is 0 Å². The summed E-state index contributed by atoms with van der Waals surface area (Å²) in [6.07, 6.45) is 4.46. The van der Waals surface area contributed by atoms with Crippen molar-refractivity contribution in [1.29, 1.82) is 0 Å². The average molecular weight is 327 g/mol. The molecule has 0 atom stereocenters. The number of carbonyl (C=O) groups is 1. The SMILES string of the molecule is CC(C)COc1ncc(CNC(=O)C2(O)CCCC2)cc1Cl. The van der Waals surface area contributed by atoms with Crippen molar-refractivity contribution in [3.05, 3.63) is 22.8 Å². The summed E-state index contributed by atoms with van der Waals surface area (Å²) in [7, 11) is 0. The highest BCUT2D eigenvalue weighted by Crippen LogP contribution is 2.29. The summed E-state index contributed by atoms with van der Waals surface area (Å²) >= 11 is 6.13. The van der Waals surface area contributed by atoms with Crippen molar-refractivity contribution in [1.82, 2.24) is 10.3 Å². The van der Waals surface area contributed by atoms with E-state index >= 15 is 0 Å². The van der Waals surface area contributed by atoms with Crippen molar-refractivity contribution >= 4 is 17.5 Å². The lowest BCUT2D eigenvalue weighted by molar-refractivity contribution is -0.139. The van der Waals surface area contributed by atoms with E-state index in [1.54, 1.807) is 12.3 Å². The quantitative estimate of drug-likeness (QED) is 0.843. The molecule has 122 valence electrons. The van der Waals surface area contributed by atoms with Crippen LogP contribution in [-0.4, -0.2) is 28.2 Å². The van der Waals surface area contributed by atoms with Gasteiger partial charge in [0.25, 0.3) is 5.91 Å². The van der Waals surface area contributed by atoms with Crippen molar-refractivity contribution in [3.8, 4) is 5.88 Å². The van der Waals surface area contributed by atoms with E-state index in [9.17, 15) is 9.90 Å². The van der Waals surface area contributed by atoms with Crippen LogP contribution in [-0.2, 0) is 11.3 Å². The van der Waals surface area contributed by atoms with Gasteiger partial charge in [-0.05, 0) is 43.2 Å². The molecule has 2 N–H and O–H groups in total. The number of hydrogen-bond acceptors (Lipinski definition) is 4. The molecule has 0 spiro atoms. The number of hydrogen-bond donors (Lipinski definition) is 2. The van der Waals surface area contributed by atoms with Gasteiger partial charge >= 0.3 is 0 Å². The van der Waals surface area contributed by atoms with E-state index in [4.69, 9.17) is 16.3 Å². The molecule has 1 aromatic rings. The number of ether oxygens (including phenoxy) is 1. The third-order valence-electron chi connectivity index (χ3n) is 3.72. The Hall–Kier alpha value is -1.33. The van der Waals surface area contributed by atoms with Crippen molar-refractivity contribution in [2.45, 2.75) is 51.7 Å². The van der Waals surface area contributed by atoms with E-state index in [0.29, 0.717) is 42.8 Å². The minimum Gasteiger partial charge on any atom is -0.476 e. The standard InChI is InChI=1S/C16H23ClN2O3/c1-11(2)10-22-14-13(17)7-12(8-18-14)9-19-15(20)16(21)5-3-4-6-16/h7-8,11,21H,3-6,9-10H2,1-2H3,(H,19,20). The maximum atomic E-state index is 12.0. The van der Waals surface area contributed by atoms with Crippen LogP contribution in [0.5, 0.6) is 5.88 Å². The molecule has 1 aromatic heterocycles. The van der Waals surface area contributed by atoms with Gasteiger partial charge < -0.3 is 15.2 Å². The van der Waals surface area contributed by atoms with Gasteiger partial charge in [0.05, 0.1) is 6.61 Å². The Kier molecular flexibility index (Phi) is 5.64. The van der Waals surface area contributed by atoms with E-state index in [1.165, 1.54) is 0 Å². The minimum absolute atomic E-state index is 0.290. The fourth-order valence-corrected chi connectivity index (χ4v) is 2.69. The first kappa shape index (κ1) is 17.0. The van der Waals surface area contributed by atoms with Crippen LogP contribution >= 0.6 is 11.6 Å². The second-order valence-electron chi connectivity index (χ2n) is 6.26.